The molecule has 0 saturated carbocycles. The lowest BCUT2D eigenvalue weighted by atomic mass is 9.85. The van der Waals surface area contributed by atoms with Gasteiger partial charge in [0, 0.05) is 15.6 Å². The Balaban J connectivity index is 2.38. The average molecular weight is 283 g/mol. The predicted molar refractivity (Wildman–Crippen MR) is 67.0 cm³/mol. The standard InChI is InChI=1S/C13H15BrO2/c1-13(15,10-5-4-8-16-9-10)11-6-2-3-7-12(11)14/h2-3,6-7,9,15H,4-5,8H2,1H3. The summed E-state index contributed by atoms with van der Waals surface area (Å²) in [6.45, 7) is 2.56. The van der Waals surface area contributed by atoms with E-state index in [1.807, 2.05) is 31.2 Å². The third-order valence-electron chi connectivity index (χ3n) is 2.96. The first-order chi connectivity index (χ1) is 7.62. The van der Waals surface area contributed by atoms with Crippen LogP contribution in [0.4, 0.5) is 0 Å². The van der Waals surface area contributed by atoms with Crippen LogP contribution >= 0.6 is 15.9 Å². The van der Waals surface area contributed by atoms with Gasteiger partial charge in [-0.25, -0.2) is 0 Å². The van der Waals surface area contributed by atoms with Crippen molar-refractivity contribution in [2.24, 2.45) is 0 Å². The number of aliphatic hydroxyl groups is 1. The van der Waals surface area contributed by atoms with Crippen LogP contribution in [0.5, 0.6) is 0 Å². The van der Waals surface area contributed by atoms with Crippen LogP contribution in [0.3, 0.4) is 0 Å². The Morgan fingerprint density at radius 3 is 2.75 bits per heavy atom. The van der Waals surface area contributed by atoms with Crippen molar-refractivity contribution in [3.05, 3.63) is 46.1 Å². The molecule has 16 heavy (non-hydrogen) atoms. The van der Waals surface area contributed by atoms with E-state index in [0.29, 0.717) is 0 Å². The maximum atomic E-state index is 10.6. The Hall–Kier alpha value is -0.800. The maximum Gasteiger partial charge on any atom is 0.112 e. The molecule has 0 saturated heterocycles. The van der Waals surface area contributed by atoms with Crippen LogP contribution in [-0.4, -0.2) is 11.7 Å². The van der Waals surface area contributed by atoms with E-state index in [0.717, 1.165) is 35.1 Å². The molecule has 1 unspecified atom stereocenters. The largest absolute Gasteiger partial charge is 0.501 e. The molecule has 0 aromatic heterocycles. The summed E-state index contributed by atoms with van der Waals surface area (Å²) in [7, 11) is 0. The molecule has 1 aliphatic rings. The lowest BCUT2D eigenvalue weighted by Crippen LogP contribution is -2.26. The van der Waals surface area contributed by atoms with E-state index in [1.165, 1.54) is 0 Å². The van der Waals surface area contributed by atoms with E-state index in [2.05, 4.69) is 15.9 Å². The monoisotopic (exact) mass is 282 g/mol. The summed E-state index contributed by atoms with van der Waals surface area (Å²) in [6.07, 6.45) is 3.55. The van der Waals surface area contributed by atoms with E-state index in [9.17, 15) is 5.11 Å². The summed E-state index contributed by atoms with van der Waals surface area (Å²) in [4.78, 5) is 0. The summed E-state index contributed by atoms with van der Waals surface area (Å²) >= 11 is 3.47. The van der Waals surface area contributed by atoms with Crippen molar-refractivity contribution in [2.45, 2.75) is 25.4 Å². The van der Waals surface area contributed by atoms with Crippen LogP contribution in [0, 0.1) is 0 Å². The van der Waals surface area contributed by atoms with Crippen LogP contribution < -0.4 is 0 Å². The van der Waals surface area contributed by atoms with Gasteiger partial charge >= 0.3 is 0 Å². The third kappa shape index (κ3) is 2.15. The van der Waals surface area contributed by atoms with E-state index in [-0.39, 0.29) is 0 Å². The molecule has 2 nitrogen and oxygen atoms in total. The van der Waals surface area contributed by atoms with Gasteiger partial charge in [0.05, 0.1) is 12.9 Å². The first kappa shape index (κ1) is 11.7. The van der Waals surface area contributed by atoms with Gasteiger partial charge in [-0.3, -0.25) is 0 Å². The fraction of sp³-hybridized carbons (Fsp3) is 0.385. The Labute approximate surface area is 104 Å². The smallest absolute Gasteiger partial charge is 0.112 e. The van der Waals surface area contributed by atoms with Crippen LogP contribution in [-0.2, 0) is 10.3 Å². The fourth-order valence-electron chi connectivity index (χ4n) is 1.95. The second-order valence-corrected chi connectivity index (χ2v) is 5.02. The molecule has 1 aromatic carbocycles. The Morgan fingerprint density at radius 2 is 2.12 bits per heavy atom. The van der Waals surface area contributed by atoms with Crippen molar-refractivity contribution in [1.82, 2.24) is 0 Å². The summed E-state index contributed by atoms with van der Waals surface area (Å²) in [5.74, 6) is 0. The zero-order valence-electron chi connectivity index (χ0n) is 9.24. The van der Waals surface area contributed by atoms with Gasteiger partial charge in [-0.2, -0.15) is 0 Å². The van der Waals surface area contributed by atoms with Crippen LogP contribution in [0.1, 0.15) is 25.3 Å². The molecule has 2 rings (SSSR count). The number of ether oxygens (including phenoxy) is 1. The highest BCUT2D eigenvalue weighted by Crippen LogP contribution is 2.37. The minimum atomic E-state index is -0.958. The van der Waals surface area contributed by atoms with Crippen LogP contribution in [0.2, 0.25) is 0 Å². The third-order valence-corrected chi connectivity index (χ3v) is 3.65. The highest BCUT2D eigenvalue weighted by molar-refractivity contribution is 9.10. The highest BCUT2D eigenvalue weighted by Gasteiger charge is 2.31. The molecule has 0 aliphatic carbocycles. The second kappa shape index (κ2) is 4.60. The molecule has 0 fully saturated rings. The van der Waals surface area contributed by atoms with E-state index in [4.69, 9.17) is 4.74 Å². The van der Waals surface area contributed by atoms with Gasteiger partial charge in [-0.15, -0.1) is 0 Å². The van der Waals surface area contributed by atoms with Gasteiger partial charge in [0.2, 0.25) is 0 Å². The number of halogens is 1. The molecule has 0 bridgehead atoms. The Morgan fingerprint density at radius 1 is 1.38 bits per heavy atom. The topological polar surface area (TPSA) is 29.5 Å². The van der Waals surface area contributed by atoms with Crippen molar-refractivity contribution in [3.63, 3.8) is 0 Å². The lowest BCUT2D eigenvalue weighted by molar-refractivity contribution is 0.0779. The Kier molecular flexibility index (Phi) is 3.36. The number of hydrogen-bond acceptors (Lipinski definition) is 2. The zero-order chi connectivity index (χ0) is 11.6. The molecule has 0 amide bonds. The SMILES string of the molecule is CC(O)(C1=COCCC1)c1ccccc1Br. The van der Waals surface area contributed by atoms with Gasteiger partial charge in [0.25, 0.3) is 0 Å². The highest BCUT2D eigenvalue weighted by atomic mass is 79.9. The van der Waals surface area contributed by atoms with Crippen molar-refractivity contribution >= 4 is 15.9 Å². The van der Waals surface area contributed by atoms with E-state index >= 15 is 0 Å². The molecule has 0 spiro atoms. The molecule has 1 aliphatic heterocycles. The number of hydrogen-bond donors (Lipinski definition) is 1. The van der Waals surface area contributed by atoms with Crippen LogP contribution in [0.15, 0.2) is 40.6 Å². The predicted octanol–water partition coefficient (Wildman–Crippen LogP) is 3.35. The minimum Gasteiger partial charge on any atom is -0.501 e. The van der Waals surface area contributed by atoms with Gasteiger partial charge in [-0.1, -0.05) is 34.1 Å². The fourth-order valence-corrected chi connectivity index (χ4v) is 2.62. The summed E-state index contributed by atoms with van der Waals surface area (Å²) < 4.78 is 6.22. The van der Waals surface area contributed by atoms with Gasteiger partial charge in [0.15, 0.2) is 0 Å². The maximum absolute atomic E-state index is 10.6. The first-order valence-electron chi connectivity index (χ1n) is 5.41. The first-order valence-corrected chi connectivity index (χ1v) is 6.20. The summed E-state index contributed by atoms with van der Waals surface area (Å²) in [5.41, 5.74) is 0.859. The molecule has 86 valence electrons. The molecule has 1 N–H and O–H groups in total. The Bertz CT molecular complexity index is 410. The van der Waals surface area contributed by atoms with Crippen molar-refractivity contribution in [3.8, 4) is 0 Å². The van der Waals surface area contributed by atoms with E-state index < -0.39 is 5.60 Å². The minimum absolute atomic E-state index is 0.746. The summed E-state index contributed by atoms with van der Waals surface area (Å²) in [6, 6.07) is 7.74. The average Bonchev–Trinajstić information content (AvgIpc) is 2.30. The van der Waals surface area contributed by atoms with Gasteiger partial charge in [0.1, 0.15) is 5.60 Å². The number of benzene rings is 1. The van der Waals surface area contributed by atoms with Crippen LogP contribution in [0.25, 0.3) is 0 Å². The van der Waals surface area contributed by atoms with Gasteiger partial charge < -0.3 is 9.84 Å². The van der Waals surface area contributed by atoms with Crippen molar-refractivity contribution in [2.75, 3.05) is 6.61 Å². The quantitative estimate of drug-likeness (QED) is 0.902. The molecule has 1 atom stereocenters. The van der Waals surface area contributed by atoms with Crippen molar-refractivity contribution in [1.29, 1.82) is 0 Å². The van der Waals surface area contributed by atoms with Gasteiger partial charge in [-0.05, 0) is 25.8 Å². The summed E-state index contributed by atoms with van der Waals surface area (Å²) in [5, 5.41) is 10.6. The second-order valence-electron chi connectivity index (χ2n) is 4.17. The number of rotatable bonds is 2. The normalized spacial score (nSPS) is 19.6. The molecule has 0 radical (unpaired) electrons. The lowest BCUT2D eigenvalue weighted by Gasteiger charge is -2.30. The van der Waals surface area contributed by atoms with Crippen molar-refractivity contribution < 1.29 is 9.84 Å². The van der Waals surface area contributed by atoms with E-state index in [1.54, 1.807) is 6.26 Å². The molecular formula is C13H15BrO2. The molecular weight excluding hydrogens is 268 g/mol. The molecule has 1 heterocycles. The zero-order valence-corrected chi connectivity index (χ0v) is 10.8. The molecule has 3 heteroatoms. The molecule has 1 aromatic rings.